The van der Waals surface area contributed by atoms with Gasteiger partial charge in [-0.25, -0.2) is 4.99 Å². The Bertz CT molecular complexity index is 1220. The number of rotatable bonds is 6. The minimum Gasteiger partial charge on any atom is -0.497 e. The molecule has 1 unspecified atom stereocenters. The molecule has 0 aliphatic heterocycles. The average Bonchev–Trinajstić information content (AvgIpc) is 3.39. The molecule has 1 aromatic carbocycles. The van der Waals surface area contributed by atoms with Crippen LogP contribution in [-0.2, 0) is 12.8 Å². The molecule has 2 aromatic heterocycles. The Morgan fingerprint density at radius 1 is 1.21 bits per heavy atom. The molecular weight excluding hydrogens is 448 g/mol. The number of benzene rings is 1. The van der Waals surface area contributed by atoms with Gasteiger partial charge < -0.3 is 19.2 Å². The summed E-state index contributed by atoms with van der Waals surface area (Å²) in [6.45, 7) is 8.76. The first-order valence-corrected chi connectivity index (χ1v) is 12.3. The van der Waals surface area contributed by atoms with Crippen molar-refractivity contribution in [2.75, 3.05) is 19.5 Å². The van der Waals surface area contributed by atoms with Crippen LogP contribution in [0.15, 0.2) is 39.7 Å². The summed E-state index contributed by atoms with van der Waals surface area (Å²) in [6, 6.07) is 9.12. The zero-order chi connectivity index (χ0) is 24.5. The van der Waals surface area contributed by atoms with Crippen molar-refractivity contribution >= 4 is 34.1 Å². The van der Waals surface area contributed by atoms with Crippen LogP contribution in [0, 0.1) is 18.3 Å². The molecule has 1 aliphatic carbocycles. The van der Waals surface area contributed by atoms with Crippen LogP contribution in [0.3, 0.4) is 0 Å². The molecule has 0 fully saturated rings. The number of carbonyl (C=O) groups excluding carboxylic acids is 1. The van der Waals surface area contributed by atoms with Gasteiger partial charge in [0.15, 0.2) is 0 Å². The first-order chi connectivity index (χ1) is 16.2. The van der Waals surface area contributed by atoms with Gasteiger partial charge in [-0.2, -0.15) is 0 Å². The van der Waals surface area contributed by atoms with Crippen molar-refractivity contribution in [1.82, 2.24) is 0 Å². The molecule has 1 amide bonds. The highest BCUT2D eigenvalue weighted by atomic mass is 32.1. The molecule has 1 aliphatic rings. The third kappa shape index (κ3) is 5.04. The Morgan fingerprint density at radius 2 is 2.00 bits per heavy atom. The van der Waals surface area contributed by atoms with Crippen LogP contribution in [0.2, 0.25) is 0 Å². The Morgan fingerprint density at radius 3 is 2.65 bits per heavy atom. The molecule has 0 saturated carbocycles. The SMILES string of the molecule is COc1ccc(OC)c(NC(=O)c2c(N=Cc3ccc(C)o3)sc3c2CCC(C(C)(C)C)C3)c1. The van der Waals surface area contributed by atoms with Gasteiger partial charge in [0.1, 0.15) is 28.0 Å². The highest BCUT2D eigenvalue weighted by Crippen LogP contribution is 2.45. The van der Waals surface area contributed by atoms with Gasteiger partial charge in [0.25, 0.3) is 5.91 Å². The highest BCUT2D eigenvalue weighted by Gasteiger charge is 2.34. The zero-order valence-electron chi connectivity index (χ0n) is 20.7. The number of thiophene rings is 1. The molecule has 34 heavy (non-hydrogen) atoms. The van der Waals surface area contributed by atoms with Crippen molar-refractivity contribution in [3.63, 3.8) is 0 Å². The van der Waals surface area contributed by atoms with E-state index in [2.05, 4.69) is 26.1 Å². The van der Waals surface area contributed by atoms with Gasteiger partial charge in [0, 0.05) is 10.9 Å². The second kappa shape index (κ2) is 9.66. The third-order valence-electron chi connectivity index (χ3n) is 6.42. The van der Waals surface area contributed by atoms with Crippen LogP contribution in [0.4, 0.5) is 10.7 Å². The molecular formula is C27H32N2O4S. The number of aryl methyl sites for hydroxylation is 1. The largest absolute Gasteiger partial charge is 0.497 e. The number of methoxy groups -OCH3 is 2. The molecule has 0 radical (unpaired) electrons. The third-order valence-corrected chi connectivity index (χ3v) is 7.59. The van der Waals surface area contributed by atoms with Crippen LogP contribution in [0.1, 0.15) is 59.5 Å². The number of ether oxygens (including phenoxy) is 2. The number of amides is 1. The van der Waals surface area contributed by atoms with E-state index in [1.807, 2.05) is 19.1 Å². The lowest BCUT2D eigenvalue weighted by atomic mass is 9.72. The number of anilines is 1. The average molecular weight is 481 g/mol. The van der Waals surface area contributed by atoms with Gasteiger partial charge in [-0.05, 0) is 67.3 Å². The summed E-state index contributed by atoms with van der Waals surface area (Å²) in [7, 11) is 3.18. The van der Waals surface area contributed by atoms with E-state index >= 15 is 0 Å². The van der Waals surface area contributed by atoms with Gasteiger partial charge >= 0.3 is 0 Å². The summed E-state index contributed by atoms with van der Waals surface area (Å²) < 4.78 is 16.4. The van der Waals surface area contributed by atoms with E-state index in [-0.39, 0.29) is 11.3 Å². The Balaban J connectivity index is 1.72. The maximum atomic E-state index is 13.6. The lowest BCUT2D eigenvalue weighted by Gasteiger charge is -2.33. The normalized spacial score (nSPS) is 15.9. The molecule has 7 heteroatoms. The first-order valence-electron chi connectivity index (χ1n) is 11.5. The summed E-state index contributed by atoms with van der Waals surface area (Å²) >= 11 is 1.61. The number of nitrogens with zero attached hydrogens (tertiary/aromatic N) is 1. The van der Waals surface area contributed by atoms with Gasteiger partial charge in [0.05, 0.1) is 31.7 Å². The van der Waals surface area contributed by atoms with Gasteiger partial charge in [-0.1, -0.05) is 20.8 Å². The van der Waals surface area contributed by atoms with E-state index in [9.17, 15) is 4.79 Å². The van der Waals surface area contributed by atoms with Crippen molar-refractivity contribution in [2.45, 2.75) is 47.0 Å². The summed E-state index contributed by atoms with van der Waals surface area (Å²) in [6.07, 6.45) is 4.56. The Kier molecular flexibility index (Phi) is 6.84. The summed E-state index contributed by atoms with van der Waals surface area (Å²) in [5, 5.41) is 3.74. The minimum absolute atomic E-state index is 0.193. The van der Waals surface area contributed by atoms with Gasteiger partial charge in [-0.3, -0.25) is 4.79 Å². The number of aliphatic imine (C=N–C) groups is 1. The molecule has 180 valence electrons. The molecule has 1 atom stereocenters. The first kappa shape index (κ1) is 24.1. The number of nitrogens with one attached hydrogen (secondary N) is 1. The summed E-state index contributed by atoms with van der Waals surface area (Å²) in [5.74, 6) is 3.07. The predicted octanol–water partition coefficient (Wildman–Crippen LogP) is 6.82. The minimum atomic E-state index is -0.193. The van der Waals surface area contributed by atoms with E-state index in [0.29, 0.717) is 39.4 Å². The molecule has 2 heterocycles. The molecule has 0 saturated heterocycles. The fraction of sp³-hybridized carbons (Fsp3) is 0.407. The van der Waals surface area contributed by atoms with E-state index in [1.165, 1.54) is 4.88 Å². The molecule has 1 N–H and O–H groups in total. The number of hydrogen-bond donors (Lipinski definition) is 1. The fourth-order valence-electron chi connectivity index (χ4n) is 4.38. The van der Waals surface area contributed by atoms with Gasteiger partial charge in [-0.15, -0.1) is 11.3 Å². The van der Waals surface area contributed by atoms with Crippen LogP contribution < -0.4 is 14.8 Å². The van der Waals surface area contributed by atoms with E-state index in [0.717, 1.165) is 30.6 Å². The van der Waals surface area contributed by atoms with Crippen molar-refractivity contribution in [3.8, 4) is 11.5 Å². The second-order valence-corrected chi connectivity index (χ2v) is 10.8. The summed E-state index contributed by atoms with van der Waals surface area (Å²) in [5.41, 5.74) is 2.52. The molecule has 0 bridgehead atoms. The summed E-state index contributed by atoms with van der Waals surface area (Å²) in [4.78, 5) is 19.6. The quantitative estimate of drug-likeness (QED) is 0.393. The number of furan rings is 1. The topological polar surface area (TPSA) is 73.1 Å². The Labute approximate surface area is 205 Å². The maximum absolute atomic E-state index is 13.6. The predicted molar refractivity (Wildman–Crippen MR) is 137 cm³/mol. The van der Waals surface area contributed by atoms with Crippen LogP contribution in [0.25, 0.3) is 0 Å². The van der Waals surface area contributed by atoms with Crippen LogP contribution in [0.5, 0.6) is 11.5 Å². The zero-order valence-corrected chi connectivity index (χ0v) is 21.5. The van der Waals surface area contributed by atoms with Crippen molar-refractivity contribution < 1.29 is 18.7 Å². The molecule has 0 spiro atoms. The highest BCUT2D eigenvalue weighted by molar-refractivity contribution is 7.16. The van der Waals surface area contributed by atoms with Crippen molar-refractivity contribution in [1.29, 1.82) is 0 Å². The van der Waals surface area contributed by atoms with E-state index < -0.39 is 0 Å². The Hall–Kier alpha value is -3.06. The molecule has 4 rings (SSSR count). The maximum Gasteiger partial charge on any atom is 0.259 e. The van der Waals surface area contributed by atoms with Crippen molar-refractivity contribution in [3.05, 3.63) is 57.9 Å². The van der Waals surface area contributed by atoms with Crippen molar-refractivity contribution in [2.24, 2.45) is 16.3 Å². The number of fused-ring (bicyclic) bond motifs is 1. The van der Waals surface area contributed by atoms with Crippen LogP contribution >= 0.6 is 11.3 Å². The van der Waals surface area contributed by atoms with Gasteiger partial charge in [0.2, 0.25) is 0 Å². The lowest BCUT2D eigenvalue weighted by molar-refractivity contribution is 0.102. The fourth-order valence-corrected chi connectivity index (χ4v) is 5.65. The number of carbonyl (C=O) groups is 1. The van der Waals surface area contributed by atoms with E-state index in [1.54, 1.807) is 50.0 Å². The van der Waals surface area contributed by atoms with Crippen LogP contribution in [-0.4, -0.2) is 26.3 Å². The second-order valence-electron chi connectivity index (χ2n) is 9.72. The van der Waals surface area contributed by atoms with E-state index in [4.69, 9.17) is 18.9 Å². The standard InChI is InChI=1S/C27H32N2O4S/c1-16-7-9-19(33-16)15-28-26-24(20-11-8-17(27(2,3)4)13-23(20)34-26)25(30)29-21-14-18(31-5)10-12-22(21)32-6/h7,9-10,12,14-15,17H,8,11,13H2,1-6H3,(H,29,30). The number of hydrogen-bond acceptors (Lipinski definition) is 6. The molecule has 6 nitrogen and oxygen atoms in total. The smallest absolute Gasteiger partial charge is 0.259 e. The monoisotopic (exact) mass is 480 g/mol. The lowest BCUT2D eigenvalue weighted by Crippen LogP contribution is -2.27. The molecule has 3 aromatic rings.